The minimum Gasteiger partial charge on any atom is -0.477 e. The summed E-state index contributed by atoms with van der Waals surface area (Å²) in [6.07, 6.45) is 1.80. The van der Waals surface area contributed by atoms with E-state index in [1.807, 2.05) is 54.0 Å². The Balaban J connectivity index is 1.83. The van der Waals surface area contributed by atoms with Crippen LogP contribution >= 0.6 is 0 Å². The molecule has 2 aromatic heterocycles. The summed E-state index contributed by atoms with van der Waals surface area (Å²) in [5.41, 5.74) is 1.08. The zero-order valence-electron chi connectivity index (χ0n) is 20.4. The summed E-state index contributed by atoms with van der Waals surface area (Å²) in [5, 5.41) is 11.0. The number of ether oxygens (including phenoxy) is 2. The van der Waals surface area contributed by atoms with Gasteiger partial charge in [-0.3, -0.25) is 4.79 Å². The van der Waals surface area contributed by atoms with Crippen LogP contribution in [0.5, 0.6) is 11.5 Å². The maximum Gasteiger partial charge on any atom is 0.353 e. The fraction of sp³-hybridized carbons (Fsp3) is 0.259. The van der Waals surface area contributed by atoms with Gasteiger partial charge < -0.3 is 24.1 Å². The molecule has 0 radical (unpaired) electrons. The molecule has 2 N–H and O–H groups in total. The third-order valence-corrected chi connectivity index (χ3v) is 7.60. The lowest BCUT2D eigenvalue weighted by Gasteiger charge is -2.15. The van der Waals surface area contributed by atoms with Crippen molar-refractivity contribution in [2.45, 2.75) is 39.3 Å². The first kappa shape index (κ1) is 24.5. The number of aromatic amines is 1. The number of hydrogen-bond donors (Lipinski definition) is 2. The van der Waals surface area contributed by atoms with Gasteiger partial charge in [0.25, 0.3) is 5.56 Å². The second kappa shape index (κ2) is 9.93. The number of pyridine rings is 1. The molecule has 8 heteroatoms. The van der Waals surface area contributed by atoms with E-state index in [1.165, 1.54) is 0 Å². The van der Waals surface area contributed by atoms with Gasteiger partial charge in [0, 0.05) is 43.1 Å². The van der Waals surface area contributed by atoms with Crippen molar-refractivity contribution < 1.29 is 19.4 Å². The fourth-order valence-electron chi connectivity index (χ4n) is 4.00. The van der Waals surface area contributed by atoms with E-state index < -0.39 is 19.6 Å². The number of carboxylic acid groups (broad SMARTS) is 1. The first-order valence-corrected chi connectivity index (χ1v) is 15.3. The number of nitrogens with zero attached hydrogens (tertiary/aromatic N) is 1. The monoisotopic (exact) mass is 490 g/mol. The highest BCUT2D eigenvalue weighted by Crippen LogP contribution is 2.39. The molecule has 0 unspecified atom stereocenters. The van der Waals surface area contributed by atoms with Gasteiger partial charge in [0.05, 0.1) is 5.39 Å². The highest BCUT2D eigenvalue weighted by molar-refractivity contribution is 6.76. The Kier molecular flexibility index (Phi) is 6.95. The van der Waals surface area contributed by atoms with Crippen LogP contribution in [0.2, 0.25) is 25.7 Å². The maximum absolute atomic E-state index is 13.0. The van der Waals surface area contributed by atoms with E-state index in [2.05, 4.69) is 24.6 Å². The van der Waals surface area contributed by atoms with Crippen molar-refractivity contribution in [3.05, 3.63) is 82.5 Å². The molecule has 0 spiro atoms. The summed E-state index contributed by atoms with van der Waals surface area (Å²) >= 11 is 0. The van der Waals surface area contributed by atoms with Crippen LogP contribution in [0.1, 0.15) is 16.2 Å². The van der Waals surface area contributed by atoms with Gasteiger partial charge in [-0.1, -0.05) is 56.0 Å². The van der Waals surface area contributed by atoms with E-state index in [1.54, 1.807) is 18.3 Å². The van der Waals surface area contributed by atoms with Gasteiger partial charge in [-0.2, -0.15) is 0 Å². The molecule has 0 atom stereocenters. The van der Waals surface area contributed by atoms with E-state index >= 15 is 0 Å². The number of benzene rings is 2. The van der Waals surface area contributed by atoms with Crippen molar-refractivity contribution in [2.75, 3.05) is 6.61 Å². The lowest BCUT2D eigenvalue weighted by Crippen LogP contribution is -2.22. The summed E-state index contributed by atoms with van der Waals surface area (Å²) in [6, 6.07) is 17.5. The van der Waals surface area contributed by atoms with Crippen LogP contribution in [-0.2, 0) is 11.5 Å². The SMILES string of the molecule is Cc1c2c(=O)[nH]c(C(=O)O)c(-c3ccccc3Oc3ccccc3)c2cn1COCC[Si](C)(C)C. The molecule has 0 aliphatic rings. The minimum absolute atomic E-state index is 0.177. The van der Waals surface area contributed by atoms with Gasteiger partial charge in [0.1, 0.15) is 23.9 Å². The van der Waals surface area contributed by atoms with Crippen molar-refractivity contribution in [3.8, 4) is 22.6 Å². The zero-order chi connectivity index (χ0) is 25.2. The number of H-pyrrole nitrogens is 1. The van der Waals surface area contributed by atoms with E-state index in [0.717, 1.165) is 6.04 Å². The normalized spacial score (nSPS) is 11.7. The molecule has 0 fully saturated rings. The highest BCUT2D eigenvalue weighted by Gasteiger charge is 2.24. The molecule has 2 aromatic carbocycles. The molecule has 4 rings (SSSR count). The minimum atomic E-state index is -1.23. The predicted molar refractivity (Wildman–Crippen MR) is 140 cm³/mol. The van der Waals surface area contributed by atoms with Crippen LogP contribution in [0.4, 0.5) is 0 Å². The summed E-state index contributed by atoms with van der Waals surface area (Å²) < 4.78 is 13.9. The zero-order valence-corrected chi connectivity index (χ0v) is 21.4. The number of aromatic carboxylic acids is 1. The summed E-state index contributed by atoms with van der Waals surface area (Å²) in [4.78, 5) is 27.8. The van der Waals surface area contributed by atoms with Crippen LogP contribution in [0.3, 0.4) is 0 Å². The van der Waals surface area contributed by atoms with E-state index in [4.69, 9.17) is 9.47 Å². The van der Waals surface area contributed by atoms with Gasteiger partial charge in [0.15, 0.2) is 0 Å². The average Bonchev–Trinajstić information content (AvgIpc) is 3.14. The van der Waals surface area contributed by atoms with Crippen molar-refractivity contribution in [2.24, 2.45) is 0 Å². The molecule has 0 aliphatic carbocycles. The predicted octanol–water partition coefficient (Wildman–Crippen LogP) is 6.11. The first-order chi connectivity index (χ1) is 16.7. The Bertz CT molecular complexity index is 1420. The lowest BCUT2D eigenvalue weighted by molar-refractivity contribution is 0.0691. The Hall–Kier alpha value is -3.62. The summed E-state index contributed by atoms with van der Waals surface area (Å²) in [5.74, 6) is -0.0984. The molecule has 0 saturated heterocycles. The third-order valence-electron chi connectivity index (χ3n) is 5.90. The lowest BCUT2D eigenvalue weighted by atomic mass is 9.98. The Morgan fingerprint density at radius 3 is 2.43 bits per heavy atom. The molecule has 2 heterocycles. The molecule has 0 bridgehead atoms. The second-order valence-corrected chi connectivity index (χ2v) is 15.4. The van der Waals surface area contributed by atoms with Crippen molar-refractivity contribution >= 4 is 24.8 Å². The van der Waals surface area contributed by atoms with Gasteiger partial charge >= 0.3 is 5.97 Å². The number of fused-ring (bicyclic) bond motifs is 1. The van der Waals surface area contributed by atoms with Gasteiger partial charge in [0.2, 0.25) is 0 Å². The number of carboxylic acids is 1. The Morgan fingerprint density at radius 2 is 1.74 bits per heavy atom. The molecule has 0 aliphatic heterocycles. The van der Waals surface area contributed by atoms with Crippen molar-refractivity contribution in [1.82, 2.24) is 9.55 Å². The number of aromatic nitrogens is 2. The number of rotatable bonds is 9. The largest absolute Gasteiger partial charge is 0.477 e. The molecule has 182 valence electrons. The maximum atomic E-state index is 13.0. The van der Waals surface area contributed by atoms with Crippen molar-refractivity contribution in [3.63, 3.8) is 0 Å². The third kappa shape index (κ3) is 5.39. The molecule has 7 nitrogen and oxygen atoms in total. The topological polar surface area (TPSA) is 93.5 Å². The molecule has 4 aromatic rings. The van der Waals surface area contributed by atoms with E-state index in [0.29, 0.717) is 45.7 Å². The van der Waals surface area contributed by atoms with E-state index in [-0.39, 0.29) is 12.4 Å². The Morgan fingerprint density at radius 1 is 1.06 bits per heavy atom. The van der Waals surface area contributed by atoms with Crippen LogP contribution in [0.25, 0.3) is 21.9 Å². The average molecular weight is 491 g/mol. The smallest absolute Gasteiger partial charge is 0.353 e. The quantitative estimate of drug-likeness (QED) is 0.218. The first-order valence-electron chi connectivity index (χ1n) is 11.5. The number of para-hydroxylation sites is 2. The van der Waals surface area contributed by atoms with Gasteiger partial charge in [-0.15, -0.1) is 0 Å². The molecule has 0 saturated carbocycles. The highest BCUT2D eigenvalue weighted by atomic mass is 28.3. The van der Waals surface area contributed by atoms with Gasteiger partial charge in [-0.25, -0.2) is 4.79 Å². The second-order valence-electron chi connectivity index (χ2n) is 9.74. The number of aryl methyl sites for hydroxylation is 1. The summed E-state index contributed by atoms with van der Waals surface area (Å²) in [7, 11) is -1.23. The van der Waals surface area contributed by atoms with Crippen LogP contribution in [-0.4, -0.2) is 35.3 Å². The van der Waals surface area contributed by atoms with E-state index in [9.17, 15) is 14.7 Å². The molecular formula is C27H30N2O5Si. The number of carbonyl (C=O) groups is 1. The standard InChI is InChI=1S/C27H30N2O5Si/c1-18-23-21(16-29(18)17-33-14-15-35(2,3)4)24(25(27(31)32)28-26(23)30)20-12-8-9-13-22(20)34-19-10-6-5-7-11-19/h5-13,16H,14-15,17H2,1-4H3,(H,28,30)(H,31,32). The van der Waals surface area contributed by atoms with Crippen LogP contribution in [0, 0.1) is 6.92 Å². The van der Waals surface area contributed by atoms with Crippen molar-refractivity contribution in [1.29, 1.82) is 0 Å². The molecule has 0 amide bonds. The van der Waals surface area contributed by atoms with Crippen LogP contribution < -0.4 is 10.3 Å². The van der Waals surface area contributed by atoms with Crippen LogP contribution in [0.15, 0.2) is 65.6 Å². The summed E-state index contributed by atoms with van der Waals surface area (Å²) in [6.45, 7) is 9.64. The molecule has 35 heavy (non-hydrogen) atoms. The van der Waals surface area contributed by atoms with Gasteiger partial charge in [-0.05, 0) is 31.2 Å². The number of hydrogen-bond acceptors (Lipinski definition) is 4. The Labute approximate surface area is 205 Å². The fourth-order valence-corrected chi connectivity index (χ4v) is 4.75. The number of nitrogens with one attached hydrogen (secondary N) is 1. The molecular weight excluding hydrogens is 460 g/mol.